The van der Waals surface area contributed by atoms with Gasteiger partial charge in [0.2, 0.25) is 0 Å². The molecule has 0 atom stereocenters. The van der Waals surface area contributed by atoms with Crippen molar-refractivity contribution in [2.45, 2.75) is 0 Å². The van der Waals surface area contributed by atoms with E-state index in [9.17, 15) is 0 Å². The fraction of sp³-hybridized carbons (Fsp3) is 0. The number of nitrogen functional groups attached to an aromatic ring is 2. The number of hydrogen-bond donors (Lipinski definition) is 2. The minimum absolute atomic E-state index is 0.288. The highest BCUT2D eigenvalue weighted by atomic mass is 35.5. The number of rotatable bonds is 2. The first-order valence-corrected chi connectivity index (χ1v) is 6.61. The molecule has 6 heteroatoms. The predicted octanol–water partition coefficient (Wildman–Crippen LogP) is 3.02. The van der Waals surface area contributed by atoms with E-state index in [4.69, 9.17) is 23.1 Å². The van der Waals surface area contributed by atoms with Gasteiger partial charge >= 0.3 is 0 Å². The molecule has 0 fully saturated rings. The predicted molar refractivity (Wildman–Crippen MR) is 84.5 cm³/mol. The molecule has 0 saturated carbocycles. The van der Waals surface area contributed by atoms with Gasteiger partial charge in [-0.15, -0.1) is 0 Å². The molecule has 3 rings (SSSR count). The monoisotopic (exact) mass is 297 g/mol. The first kappa shape index (κ1) is 13.3. The Hall–Kier alpha value is -2.66. The fourth-order valence-corrected chi connectivity index (χ4v) is 2.29. The van der Waals surface area contributed by atoms with Gasteiger partial charge < -0.3 is 11.5 Å². The highest BCUT2D eigenvalue weighted by Crippen LogP contribution is 2.36. The second-order valence-corrected chi connectivity index (χ2v) is 4.86. The minimum atomic E-state index is 0.288. The van der Waals surface area contributed by atoms with Crippen LogP contribution in [0.4, 0.5) is 11.5 Å². The van der Waals surface area contributed by atoms with Crippen LogP contribution in [0.3, 0.4) is 0 Å². The second-order valence-electron chi connectivity index (χ2n) is 4.45. The maximum atomic E-state index is 6.24. The van der Waals surface area contributed by atoms with Gasteiger partial charge in [-0.25, -0.2) is 4.98 Å². The molecule has 3 aromatic heterocycles. The maximum Gasteiger partial charge on any atom is 0.147 e. The van der Waals surface area contributed by atoms with Gasteiger partial charge in [0, 0.05) is 41.5 Å². The number of nitrogens with zero attached hydrogens (tertiary/aromatic N) is 3. The number of nitrogens with two attached hydrogens (primary N) is 2. The Bertz CT molecular complexity index is 789. The molecular weight excluding hydrogens is 286 g/mol. The lowest BCUT2D eigenvalue weighted by Gasteiger charge is -2.12. The highest BCUT2D eigenvalue weighted by molar-refractivity contribution is 6.33. The van der Waals surface area contributed by atoms with Crippen LogP contribution in [0.1, 0.15) is 0 Å². The Morgan fingerprint density at radius 1 is 0.905 bits per heavy atom. The summed E-state index contributed by atoms with van der Waals surface area (Å²) < 4.78 is 0. The largest absolute Gasteiger partial charge is 0.396 e. The van der Waals surface area contributed by atoms with E-state index in [0.717, 1.165) is 16.7 Å². The summed E-state index contributed by atoms with van der Waals surface area (Å²) in [6, 6.07) is 7.31. The van der Waals surface area contributed by atoms with Crippen LogP contribution in [0.25, 0.3) is 22.4 Å². The van der Waals surface area contributed by atoms with Gasteiger partial charge in [0.1, 0.15) is 5.82 Å². The third-order valence-electron chi connectivity index (χ3n) is 3.10. The molecule has 0 bridgehead atoms. The molecule has 0 amide bonds. The Labute approximate surface area is 126 Å². The quantitative estimate of drug-likeness (QED) is 0.758. The van der Waals surface area contributed by atoms with Gasteiger partial charge in [-0.2, -0.15) is 0 Å². The van der Waals surface area contributed by atoms with E-state index >= 15 is 0 Å². The summed E-state index contributed by atoms with van der Waals surface area (Å²) in [6.07, 6.45) is 6.65. The molecule has 21 heavy (non-hydrogen) atoms. The normalized spacial score (nSPS) is 10.5. The van der Waals surface area contributed by atoms with E-state index in [2.05, 4.69) is 15.0 Å². The van der Waals surface area contributed by atoms with E-state index in [0.29, 0.717) is 16.4 Å². The molecule has 0 aliphatic rings. The van der Waals surface area contributed by atoms with E-state index in [-0.39, 0.29) is 5.82 Å². The van der Waals surface area contributed by atoms with Crippen LogP contribution >= 0.6 is 11.6 Å². The van der Waals surface area contributed by atoms with Crippen molar-refractivity contribution in [3.8, 4) is 22.4 Å². The minimum Gasteiger partial charge on any atom is -0.396 e. The molecule has 3 heterocycles. The number of anilines is 2. The van der Waals surface area contributed by atoms with Crippen molar-refractivity contribution in [1.29, 1.82) is 0 Å². The molecule has 0 aromatic carbocycles. The third kappa shape index (κ3) is 2.51. The molecule has 0 radical (unpaired) electrons. The third-order valence-corrected chi connectivity index (χ3v) is 3.40. The van der Waals surface area contributed by atoms with Crippen molar-refractivity contribution in [3.63, 3.8) is 0 Å². The summed E-state index contributed by atoms with van der Waals surface area (Å²) in [5.74, 6) is 0.288. The average molecular weight is 298 g/mol. The summed E-state index contributed by atoms with van der Waals surface area (Å²) in [6.45, 7) is 0. The number of aromatic nitrogens is 3. The summed E-state index contributed by atoms with van der Waals surface area (Å²) in [5, 5.41) is 0.527. The Kier molecular flexibility index (Phi) is 3.41. The highest BCUT2D eigenvalue weighted by Gasteiger charge is 2.14. The Morgan fingerprint density at radius 2 is 1.62 bits per heavy atom. The van der Waals surface area contributed by atoms with Crippen LogP contribution in [0.5, 0.6) is 0 Å². The molecule has 104 valence electrons. The fourth-order valence-electron chi connectivity index (χ4n) is 2.07. The van der Waals surface area contributed by atoms with Gasteiger partial charge in [-0.05, 0) is 24.3 Å². The van der Waals surface area contributed by atoms with Crippen LogP contribution in [0.2, 0.25) is 5.02 Å². The molecule has 0 saturated heterocycles. The van der Waals surface area contributed by atoms with Crippen molar-refractivity contribution in [1.82, 2.24) is 15.0 Å². The van der Waals surface area contributed by atoms with Gasteiger partial charge in [0.05, 0.1) is 16.4 Å². The zero-order valence-electron chi connectivity index (χ0n) is 11.0. The maximum absolute atomic E-state index is 6.24. The Morgan fingerprint density at radius 3 is 2.33 bits per heavy atom. The molecular formula is C15H12ClN5. The van der Waals surface area contributed by atoms with Gasteiger partial charge in [0.25, 0.3) is 0 Å². The number of pyridine rings is 3. The number of halogens is 1. The molecule has 4 N–H and O–H groups in total. The molecule has 0 spiro atoms. The van der Waals surface area contributed by atoms with E-state index in [1.165, 1.54) is 0 Å². The summed E-state index contributed by atoms with van der Waals surface area (Å²) >= 11 is 6.24. The smallest absolute Gasteiger partial charge is 0.147 e. The molecule has 0 aliphatic heterocycles. The SMILES string of the molecule is Nc1cc(-c2ccncc2Cl)c(-c2ccncc2)nc1N. The zero-order valence-corrected chi connectivity index (χ0v) is 11.7. The van der Waals surface area contributed by atoms with Crippen LogP contribution in [-0.4, -0.2) is 15.0 Å². The van der Waals surface area contributed by atoms with Crippen LogP contribution in [0, 0.1) is 0 Å². The average Bonchev–Trinajstić information content (AvgIpc) is 2.51. The van der Waals surface area contributed by atoms with Crippen LogP contribution in [0.15, 0.2) is 49.1 Å². The topological polar surface area (TPSA) is 90.7 Å². The first-order valence-electron chi connectivity index (χ1n) is 6.23. The van der Waals surface area contributed by atoms with E-state index in [1.54, 1.807) is 30.9 Å². The summed E-state index contributed by atoms with van der Waals surface area (Å²) in [4.78, 5) is 12.4. The van der Waals surface area contributed by atoms with Gasteiger partial charge in [0.15, 0.2) is 0 Å². The lowest BCUT2D eigenvalue weighted by atomic mass is 10.00. The van der Waals surface area contributed by atoms with Crippen molar-refractivity contribution in [3.05, 3.63) is 54.1 Å². The number of hydrogen-bond acceptors (Lipinski definition) is 5. The summed E-state index contributed by atoms with van der Waals surface area (Å²) in [7, 11) is 0. The molecule has 5 nitrogen and oxygen atoms in total. The molecule has 0 unspecified atom stereocenters. The Balaban J connectivity index is 2.30. The molecule has 0 aliphatic carbocycles. The standard InChI is InChI=1S/C15H12ClN5/c16-12-8-20-6-3-10(12)11-7-13(17)15(18)21-14(11)9-1-4-19-5-2-9/h1-8H,17H2,(H2,18,21). The molecule has 3 aromatic rings. The van der Waals surface area contributed by atoms with Crippen molar-refractivity contribution >= 4 is 23.1 Å². The van der Waals surface area contributed by atoms with Crippen molar-refractivity contribution < 1.29 is 0 Å². The van der Waals surface area contributed by atoms with E-state index in [1.807, 2.05) is 18.2 Å². The van der Waals surface area contributed by atoms with Crippen LogP contribution in [-0.2, 0) is 0 Å². The first-order chi connectivity index (χ1) is 10.2. The van der Waals surface area contributed by atoms with Crippen LogP contribution < -0.4 is 11.5 Å². The lowest BCUT2D eigenvalue weighted by Crippen LogP contribution is -2.01. The van der Waals surface area contributed by atoms with E-state index < -0.39 is 0 Å². The second kappa shape index (κ2) is 5.38. The van der Waals surface area contributed by atoms with Gasteiger partial charge in [-0.1, -0.05) is 11.6 Å². The van der Waals surface area contributed by atoms with Gasteiger partial charge in [-0.3, -0.25) is 9.97 Å². The zero-order chi connectivity index (χ0) is 14.8. The van der Waals surface area contributed by atoms with Crippen molar-refractivity contribution in [2.75, 3.05) is 11.5 Å². The summed E-state index contributed by atoms with van der Waals surface area (Å²) in [5.41, 5.74) is 15.4. The van der Waals surface area contributed by atoms with Crippen molar-refractivity contribution in [2.24, 2.45) is 0 Å². The lowest BCUT2D eigenvalue weighted by molar-refractivity contribution is 1.29.